The first-order chi connectivity index (χ1) is 8.58. The normalized spacial score (nSPS) is 10.6. The quantitative estimate of drug-likeness (QED) is 0.913. The Hall–Kier alpha value is -2.02. The molecule has 8 heteroatoms. The Morgan fingerprint density at radius 2 is 2.28 bits per heavy atom. The molecule has 6 nitrogen and oxygen atoms in total. The number of halogens is 2. The monoisotopic (exact) mass is 270 g/mol. The highest BCUT2D eigenvalue weighted by Gasteiger charge is 2.14. The van der Waals surface area contributed by atoms with Crippen molar-refractivity contribution in [1.82, 2.24) is 20.2 Å². The van der Waals surface area contributed by atoms with Crippen molar-refractivity contribution in [3.05, 3.63) is 29.0 Å². The second-order valence-electron chi connectivity index (χ2n) is 3.49. The molecule has 0 unspecified atom stereocenters. The van der Waals surface area contributed by atoms with Crippen LogP contribution in [0, 0.1) is 5.82 Å². The fourth-order valence-corrected chi connectivity index (χ4v) is 1.59. The van der Waals surface area contributed by atoms with Gasteiger partial charge in [0.1, 0.15) is 5.82 Å². The number of carboxylic acid groups (broad SMARTS) is 1. The molecular formula is C10H8ClFN4O2. The van der Waals surface area contributed by atoms with Crippen molar-refractivity contribution < 1.29 is 14.3 Å². The van der Waals surface area contributed by atoms with Crippen LogP contribution in [0.5, 0.6) is 0 Å². The summed E-state index contributed by atoms with van der Waals surface area (Å²) in [5, 5.41) is 19.6. The number of aromatic nitrogens is 4. The summed E-state index contributed by atoms with van der Waals surface area (Å²) < 4.78 is 14.9. The van der Waals surface area contributed by atoms with Crippen molar-refractivity contribution in [2.45, 2.75) is 13.0 Å². The van der Waals surface area contributed by atoms with E-state index in [0.29, 0.717) is 5.02 Å². The average Bonchev–Trinajstić information content (AvgIpc) is 2.77. The number of benzene rings is 1. The van der Waals surface area contributed by atoms with E-state index < -0.39 is 11.8 Å². The molecule has 0 fully saturated rings. The zero-order chi connectivity index (χ0) is 13.1. The van der Waals surface area contributed by atoms with Gasteiger partial charge in [-0.1, -0.05) is 11.6 Å². The van der Waals surface area contributed by atoms with Crippen molar-refractivity contribution in [2.24, 2.45) is 0 Å². The highest BCUT2D eigenvalue weighted by Crippen LogP contribution is 2.23. The number of nitrogens with zero attached hydrogens (tertiary/aromatic N) is 4. The van der Waals surface area contributed by atoms with Gasteiger partial charge in [-0.3, -0.25) is 4.79 Å². The molecule has 1 heterocycles. The van der Waals surface area contributed by atoms with E-state index in [1.807, 2.05) is 0 Å². The highest BCUT2D eigenvalue weighted by atomic mass is 35.5. The van der Waals surface area contributed by atoms with Crippen molar-refractivity contribution in [3.63, 3.8) is 0 Å². The summed E-state index contributed by atoms with van der Waals surface area (Å²) in [6.45, 7) is 0.0591. The number of aryl methyl sites for hydroxylation is 1. The van der Waals surface area contributed by atoms with Crippen LogP contribution < -0.4 is 0 Å². The Morgan fingerprint density at radius 3 is 3.00 bits per heavy atom. The first kappa shape index (κ1) is 12.4. The molecule has 1 aromatic carbocycles. The smallest absolute Gasteiger partial charge is 0.305 e. The van der Waals surface area contributed by atoms with E-state index in [-0.39, 0.29) is 24.4 Å². The fraction of sp³-hybridized carbons (Fsp3) is 0.200. The third-order valence-corrected chi connectivity index (χ3v) is 2.47. The Bertz CT molecular complexity index is 587. The zero-order valence-electron chi connectivity index (χ0n) is 9.05. The van der Waals surface area contributed by atoms with Gasteiger partial charge in [0.2, 0.25) is 0 Å². The number of carbonyl (C=O) groups is 1. The molecule has 0 bridgehead atoms. The number of carboxylic acids is 1. The molecule has 0 amide bonds. The summed E-state index contributed by atoms with van der Waals surface area (Å²) in [5.41, 5.74) is 0.137. The van der Waals surface area contributed by atoms with Crippen molar-refractivity contribution >= 4 is 17.6 Å². The van der Waals surface area contributed by atoms with E-state index >= 15 is 0 Å². The van der Waals surface area contributed by atoms with E-state index in [4.69, 9.17) is 16.7 Å². The van der Waals surface area contributed by atoms with Crippen LogP contribution in [0.25, 0.3) is 11.4 Å². The summed E-state index contributed by atoms with van der Waals surface area (Å²) in [4.78, 5) is 10.5. The molecule has 0 aliphatic rings. The van der Waals surface area contributed by atoms with Gasteiger partial charge in [0, 0.05) is 5.02 Å². The van der Waals surface area contributed by atoms with Gasteiger partial charge in [-0.15, -0.1) is 5.10 Å². The number of hydrogen-bond donors (Lipinski definition) is 1. The first-order valence-corrected chi connectivity index (χ1v) is 5.39. The molecule has 0 saturated carbocycles. The summed E-state index contributed by atoms with van der Waals surface area (Å²) in [6.07, 6.45) is -0.153. The second kappa shape index (κ2) is 5.09. The standard InChI is InChI=1S/C10H8ClFN4O2/c11-6-1-2-8(12)7(5-6)10-13-14-15-16(10)4-3-9(17)18/h1-2,5H,3-4H2,(H,17,18). The van der Waals surface area contributed by atoms with E-state index in [0.717, 1.165) is 0 Å². The molecule has 1 aromatic heterocycles. The number of rotatable bonds is 4. The van der Waals surface area contributed by atoms with Gasteiger partial charge in [0.25, 0.3) is 0 Å². The molecule has 0 aliphatic heterocycles. The number of hydrogen-bond acceptors (Lipinski definition) is 4. The molecule has 0 atom stereocenters. The minimum atomic E-state index is -0.983. The minimum Gasteiger partial charge on any atom is -0.481 e. The lowest BCUT2D eigenvalue weighted by molar-refractivity contribution is -0.137. The highest BCUT2D eigenvalue weighted by molar-refractivity contribution is 6.30. The zero-order valence-corrected chi connectivity index (χ0v) is 9.80. The van der Waals surface area contributed by atoms with Crippen LogP contribution in [0.3, 0.4) is 0 Å². The SMILES string of the molecule is O=C(O)CCn1nnnc1-c1cc(Cl)ccc1F. The van der Waals surface area contributed by atoms with Gasteiger partial charge in [-0.2, -0.15) is 0 Å². The van der Waals surface area contributed by atoms with Gasteiger partial charge in [0.05, 0.1) is 18.5 Å². The summed E-state index contributed by atoms with van der Waals surface area (Å²) in [6, 6.07) is 4.00. The van der Waals surface area contributed by atoms with Gasteiger partial charge < -0.3 is 5.11 Å². The Labute approximate surface area is 106 Å². The van der Waals surface area contributed by atoms with E-state index in [2.05, 4.69) is 15.5 Å². The lowest BCUT2D eigenvalue weighted by atomic mass is 10.2. The lowest BCUT2D eigenvalue weighted by Gasteiger charge is -2.04. The van der Waals surface area contributed by atoms with Crippen molar-refractivity contribution in [3.8, 4) is 11.4 Å². The van der Waals surface area contributed by atoms with Gasteiger partial charge in [-0.25, -0.2) is 9.07 Å². The first-order valence-electron chi connectivity index (χ1n) is 5.01. The Kier molecular flexibility index (Phi) is 3.52. The maximum Gasteiger partial charge on any atom is 0.305 e. The summed E-state index contributed by atoms with van der Waals surface area (Å²) in [7, 11) is 0. The van der Waals surface area contributed by atoms with Crippen molar-refractivity contribution in [2.75, 3.05) is 0 Å². The lowest BCUT2D eigenvalue weighted by Crippen LogP contribution is -2.08. The van der Waals surface area contributed by atoms with Crippen LogP contribution in [0.1, 0.15) is 6.42 Å². The van der Waals surface area contributed by atoms with Crippen LogP contribution >= 0.6 is 11.6 Å². The van der Waals surface area contributed by atoms with Crippen LogP contribution in [0.15, 0.2) is 18.2 Å². The Morgan fingerprint density at radius 1 is 1.50 bits per heavy atom. The maximum absolute atomic E-state index is 13.6. The predicted octanol–water partition coefficient (Wildman–Crippen LogP) is 1.61. The molecule has 0 spiro atoms. The van der Waals surface area contributed by atoms with Gasteiger partial charge in [-0.05, 0) is 28.6 Å². The molecule has 1 N–H and O–H groups in total. The molecule has 0 aliphatic carbocycles. The molecule has 2 aromatic rings. The average molecular weight is 271 g/mol. The molecule has 0 radical (unpaired) electrons. The van der Waals surface area contributed by atoms with E-state index in [1.165, 1.54) is 22.9 Å². The number of tetrazole rings is 1. The Balaban J connectivity index is 2.36. The van der Waals surface area contributed by atoms with E-state index in [1.54, 1.807) is 0 Å². The van der Waals surface area contributed by atoms with Crippen LogP contribution in [-0.4, -0.2) is 31.3 Å². The molecule has 94 valence electrons. The molecule has 2 rings (SSSR count). The maximum atomic E-state index is 13.6. The van der Waals surface area contributed by atoms with Crippen LogP contribution in [0.4, 0.5) is 4.39 Å². The third kappa shape index (κ3) is 2.62. The van der Waals surface area contributed by atoms with Gasteiger partial charge >= 0.3 is 5.97 Å². The molecular weight excluding hydrogens is 263 g/mol. The summed E-state index contributed by atoms with van der Waals surface area (Å²) >= 11 is 5.77. The third-order valence-electron chi connectivity index (χ3n) is 2.24. The largest absolute Gasteiger partial charge is 0.481 e. The predicted molar refractivity (Wildman–Crippen MR) is 60.5 cm³/mol. The minimum absolute atomic E-state index is 0.0591. The summed E-state index contributed by atoms with van der Waals surface area (Å²) in [5.74, 6) is -1.36. The number of aliphatic carboxylic acids is 1. The van der Waals surface area contributed by atoms with Crippen molar-refractivity contribution in [1.29, 1.82) is 0 Å². The topological polar surface area (TPSA) is 80.9 Å². The second-order valence-corrected chi connectivity index (χ2v) is 3.93. The molecule has 18 heavy (non-hydrogen) atoms. The van der Waals surface area contributed by atoms with Gasteiger partial charge in [0.15, 0.2) is 5.82 Å². The molecule has 0 saturated heterocycles. The fourth-order valence-electron chi connectivity index (χ4n) is 1.42. The van der Waals surface area contributed by atoms with E-state index in [9.17, 15) is 9.18 Å². The van der Waals surface area contributed by atoms with Crippen LogP contribution in [0.2, 0.25) is 5.02 Å². The van der Waals surface area contributed by atoms with Crippen LogP contribution in [-0.2, 0) is 11.3 Å².